The number of hydrogen-bond acceptors (Lipinski definition) is 3. The van der Waals surface area contributed by atoms with Gasteiger partial charge in [-0.3, -0.25) is 4.79 Å². The van der Waals surface area contributed by atoms with Gasteiger partial charge in [-0.15, -0.1) is 0 Å². The summed E-state index contributed by atoms with van der Waals surface area (Å²) in [6.07, 6.45) is 3.10. The van der Waals surface area contributed by atoms with E-state index < -0.39 is 0 Å². The van der Waals surface area contributed by atoms with Crippen molar-refractivity contribution in [2.75, 3.05) is 6.61 Å². The number of aromatic amines is 1. The topological polar surface area (TPSA) is 55.0 Å². The van der Waals surface area contributed by atoms with Crippen molar-refractivity contribution < 1.29 is 4.74 Å². The average Bonchev–Trinajstić information content (AvgIpc) is 2.75. The Kier molecular flexibility index (Phi) is 4.19. The Balaban J connectivity index is 2.25. The molecule has 0 saturated carbocycles. The molecule has 0 amide bonds. The minimum absolute atomic E-state index is 0.0303. The van der Waals surface area contributed by atoms with Crippen LogP contribution < -0.4 is 5.56 Å². The van der Waals surface area contributed by atoms with Crippen molar-refractivity contribution in [1.29, 1.82) is 0 Å². The van der Waals surface area contributed by atoms with E-state index in [-0.39, 0.29) is 17.6 Å². The van der Waals surface area contributed by atoms with E-state index in [4.69, 9.17) is 4.74 Å². The zero-order valence-corrected chi connectivity index (χ0v) is 12.3. The van der Waals surface area contributed by atoms with Crippen molar-refractivity contribution in [2.45, 2.75) is 45.1 Å². The highest BCUT2D eigenvalue weighted by Crippen LogP contribution is 2.18. The van der Waals surface area contributed by atoms with Gasteiger partial charge in [0.1, 0.15) is 5.82 Å². The molecule has 1 saturated heterocycles. The molecule has 94 valence electrons. The normalized spacial score (nSPS) is 20.1. The first-order valence-corrected chi connectivity index (χ1v) is 7.06. The van der Waals surface area contributed by atoms with Crippen molar-refractivity contribution in [3.05, 3.63) is 25.4 Å². The molecule has 1 fully saturated rings. The maximum absolute atomic E-state index is 11.8. The summed E-state index contributed by atoms with van der Waals surface area (Å²) in [5.41, 5.74) is 0.861. The molecule has 1 aliphatic heterocycles. The van der Waals surface area contributed by atoms with Crippen molar-refractivity contribution in [3.8, 4) is 0 Å². The largest absolute Gasteiger partial charge is 0.378 e. The molecule has 0 aliphatic carbocycles. The van der Waals surface area contributed by atoms with Crippen LogP contribution in [0.4, 0.5) is 0 Å². The van der Waals surface area contributed by atoms with Crippen molar-refractivity contribution >= 4 is 22.6 Å². The number of H-pyrrole nitrogens is 1. The molecule has 1 atom stereocenters. The molecule has 0 radical (unpaired) electrons. The average molecular weight is 348 g/mol. The Morgan fingerprint density at radius 1 is 1.59 bits per heavy atom. The van der Waals surface area contributed by atoms with Gasteiger partial charge in [-0.1, -0.05) is 13.8 Å². The second kappa shape index (κ2) is 5.48. The Morgan fingerprint density at radius 3 is 2.94 bits per heavy atom. The maximum Gasteiger partial charge on any atom is 0.264 e. The van der Waals surface area contributed by atoms with Gasteiger partial charge >= 0.3 is 0 Å². The van der Waals surface area contributed by atoms with Crippen LogP contribution in [-0.2, 0) is 11.2 Å². The maximum atomic E-state index is 11.8. The van der Waals surface area contributed by atoms with Gasteiger partial charge in [0.2, 0.25) is 0 Å². The predicted molar refractivity (Wildman–Crippen MR) is 74.3 cm³/mol. The molecule has 17 heavy (non-hydrogen) atoms. The number of ether oxygens (including phenoxy) is 1. The smallest absolute Gasteiger partial charge is 0.264 e. The summed E-state index contributed by atoms with van der Waals surface area (Å²) in [6, 6.07) is 0. The number of nitrogens with one attached hydrogen (secondary N) is 1. The predicted octanol–water partition coefficient (Wildman–Crippen LogP) is 2.22. The van der Waals surface area contributed by atoms with E-state index in [1.165, 1.54) is 0 Å². The fourth-order valence-electron chi connectivity index (χ4n) is 2.02. The molecule has 1 aromatic heterocycles. The molecule has 1 aromatic rings. The Bertz CT molecular complexity index is 450. The Morgan fingerprint density at radius 2 is 2.35 bits per heavy atom. The lowest BCUT2D eigenvalue weighted by Crippen LogP contribution is -2.22. The zero-order chi connectivity index (χ0) is 12.4. The zero-order valence-electron chi connectivity index (χ0n) is 10.1. The first-order chi connectivity index (χ1) is 8.08. The third-order valence-corrected chi connectivity index (χ3v) is 3.97. The first kappa shape index (κ1) is 13.0. The summed E-state index contributed by atoms with van der Waals surface area (Å²) < 4.78 is 6.27. The van der Waals surface area contributed by atoms with E-state index in [9.17, 15) is 4.79 Å². The summed E-state index contributed by atoms with van der Waals surface area (Å²) >= 11 is 2.06. The van der Waals surface area contributed by atoms with Gasteiger partial charge in [-0.25, -0.2) is 4.98 Å². The van der Waals surface area contributed by atoms with Gasteiger partial charge in [0, 0.05) is 13.0 Å². The van der Waals surface area contributed by atoms with Crippen LogP contribution in [0.3, 0.4) is 0 Å². The number of aromatic nitrogens is 2. The van der Waals surface area contributed by atoms with Crippen LogP contribution in [0, 0.1) is 3.57 Å². The third kappa shape index (κ3) is 3.07. The number of hydrogen-bond donors (Lipinski definition) is 1. The molecule has 5 heteroatoms. The van der Waals surface area contributed by atoms with E-state index in [0.29, 0.717) is 9.99 Å². The lowest BCUT2D eigenvalue weighted by atomic mass is 10.1. The SMILES string of the molecule is CC(C)c1nc(CC2CCCO2)[nH]c(=O)c1I. The molecule has 0 bridgehead atoms. The van der Waals surface area contributed by atoms with E-state index in [1.54, 1.807) is 0 Å². The molecule has 1 aliphatic rings. The molecular formula is C12H17IN2O2. The van der Waals surface area contributed by atoms with Crippen LogP contribution in [0.2, 0.25) is 0 Å². The van der Waals surface area contributed by atoms with Crippen LogP contribution in [0.5, 0.6) is 0 Å². The summed E-state index contributed by atoms with van der Waals surface area (Å²) in [5.74, 6) is 1.03. The van der Waals surface area contributed by atoms with Crippen LogP contribution in [-0.4, -0.2) is 22.7 Å². The van der Waals surface area contributed by atoms with E-state index in [0.717, 1.165) is 31.0 Å². The van der Waals surface area contributed by atoms with Crippen LogP contribution in [0.15, 0.2) is 4.79 Å². The molecule has 0 aromatic carbocycles. The summed E-state index contributed by atoms with van der Waals surface area (Å²) in [4.78, 5) is 19.2. The molecule has 1 N–H and O–H groups in total. The molecule has 2 heterocycles. The van der Waals surface area contributed by atoms with Gasteiger partial charge < -0.3 is 9.72 Å². The second-order valence-electron chi connectivity index (χ2n) is 4.71. The highest BCUT2D eigenvalue weighted by Gasteiger charge is 2.19. The van der Waals surface area contributed by atoms with Crippen LogP contribution >= 0.6 is 22.6 Å². The molecule has 0 spiro atoms. The lowest BCUT2D eigenvalue weighted by molar-refractivity contribution is 0.109. The molecule has 4 nitrogen and oxygen atoms in total. The molecule has 1 unspecified atom stereocenters. The van der Waals surface area contributed by atoms with Gasteiger partial charge in [-0.05, 0) is 41.4 Å². The summed E-state index contributed by atoms with van der Waals surface area (Å²) in [6.45, 7) is 4.94. The summed E-state index contributed by atoms with van der Waals surface area (Å²) in [5, 5.41) is 0. The Hall–Kier alpha value is -0.430. The highest BCUT2D eigenvalue weighted by atomic mass is 127. The van der Waals surface area contributed by atoms with Gasteiger partial charge in [-0.2, -0.15) is 0 Å². The highest BCUT2D eigenvalue weighted by molar-refractivity contribution is 14.1. The lowest BCUT2D eigenvalue weighted by Gasteiger charge is -2.12. The third-order valence-electron chi connectivity index (χ3n) is 2.93. The minimum Gasteiger partial charge on any atom is -0.378 e. The van der Waals surface area contributed by atoms with E-state index >= 15 is 0 Å². The first-order valence-electron chi connectivity index (χ1n) is 5.98. The van der Waals surface area contributed by atoms with Crippen molar-refractivity contribution in [2.24, 2.45) is 0 Å². The molecule has 2 rings (SSSR count). The van der Waals surface area contributed by atoms with Gasteiger partial charge in [0.15, 0.2) is 0 Å². The Labute approximate surface area is 114 Å². The monoisotopic (exact) mass is 348 g/mol. The summed E-state index contributed by atoms with van der Waals surface area (Å²) in [7, 11) is 0. The number of nitrogens with zero attached hydrogens (tertiary/aromatic N) is 1. The number of halogens is 1. The standard InChI is InChI=1S/C12H17IN2O2/c1-7(2)11-10(13)12(16)15-9(14-11)6-8-4-3-5-17-8/h7-8H,3-6H2,1-2H3,(H,14,15,16). The fraction of sp³-hybridized carbons (Fsp3) is 0.667. The quantitative estimate of drug-likeness (QED) is 0.853. The fourth-order valence-corrected chi connectivity index (χ4v) is 2.90. The van der Waals surface area contributed by atoms with Crippen LogP contribution in [0.1, 0.15) is 44.1 Å². The second-order valence-corrected chi connectivity index (χ2v) is 5.78. The molecular weight excluding hydrogens is 331 g/mol. The van der Waals surface area contributed by atoms with Gasteiger partial charge in [0.25, 0.3) is 5.56 Å². The van der Waals surface area contributed by atoms with E-state index in [1.807, 2.05) is 0 Å². The van der Waals surface area contributed by atoms with Gasteiger partial charge in [0.05, 0.1) is 15.4 Å². The van der Waals surface area contributed by atoms with E-state index in [2.05, 4.69) is 46.4 Å². The van der Waals surface area contributed by atoms with Crippen LogP contribution in [0.25, 0.3) is 0 Å². The van der Waals surface area contributed by atoms with Crippen molar-refractivity contribution in [3.63, 3.8) is 0 Å². The minimum atomic E-state index is -0.0303. The number of rotatable bonds is 3. The van der Waals surface area contributed by atoms with Crippen molar-refractivity contribution in [1.82, 2.24) is 9.97 Å².